The third kappa shape index (κ3) is 2.63. The Morgan fingerprint density at radius 3 is 2.71 bits per heavy atom. The molecule has 1 heterocycles. The highest BCUT2D eigenvalue weighted by atomic mass is 15.1. The SMILES string of the molecule is CCC(CC)CN1CCC(N)c2ccccc21. The van der Waals surface area contributed by atoms with E-state index in [9.17, 15) is 0 Å². The summed E-state index contributed by atoms with van der Waals surface area (Å²) in [5.74, 6) is 0.803. The number of anilines is 1. The Morgan fingerprint density at radius 2 is 2.00 bits per heavy atom. The zero-order chi connectivity index (χ0) is 12.3. The van der Waals surface area contributed by atoms with Crippen LogP contribution in [0, 0.1) is 5.92 Å². The van der Waals surface area contributed by atoms with E-state index < -0.39 is 0 Å². The maximum Gasteiger partial charge on any atom is 0.0414 e. The third-order valence-corrected chi connectivity index (χ3v) is 4.02. The Bertz CT molecular complexity index is 358. The predicted octanol–water partition coefficient (Wildman–Crippen LogP) is 3.33. The summed E-state index contributed by atoms with van der Waals surface area (Å²) in [7, 11) is 0. The van der Waals surface area contributed by atoms with Crippen molar-refractivity contribution in [2.75, 3.05) is 18.0 Å². The normalized spacial score (nSPS) is 19.5. The van der Waals surface area contributed by atoms with E-state index in [2.05, 4.69) is 43.0 Å². The summed E-state index contributed by atoms with van der Waals surface area (Å²) in [4.78, 5) is 2.52. The molecule has 0 aromatic heterocycles. The minimum Gasteiger partial charge on any atom is -0.371 e. The van der Waals surface area contributed by atoms with E-state index in [1.54, 1.807) is 0 Å². The van der Waals surface area contributed by atoms with Crippen LogP contribution in [0.5, 0.6) is 0 Å². The van der Waals surface area contributed by atoms with Crippen molar-refractivity contribution in [3.05, 3.63) is 29.8 Å². The van der Waals surface area contributed by atoms with Crippen LogP contribution in [0.25, 0.3) is 0 Å². The van der Waals surface area contributed by atoms with Crippen LogP contribution in [0.1, 0.15) is 44.7 Å². The molecule has 94 valence electrons. The van der Waals surface area contributed by atoms with E-state index in [-0.39, 0.29) is 6.04 Å². The third-order valence-electron chi connectivity index (χ3n) is 4.02. The summed E-state index contributed by atoms with van der Waals surface area (Å²) in [5, 5.41) is 0. The maximum atomic E-state index is 6.18. The number of fused-ring (bicyclic) bond motifs is 1. The van der Waals surface area contributed by atoms with Gasteiger partial charge in [0.25, 0.3) is 0 Å². The molecule has 2 heteroatoms. The Balaban J connectivity index is 2.18. The number of hydrogen-bond acceptors (Lipinski definition) is 2. The van der Waals surface area contributed by atoms with Crippen molar-refractivity contribution in [2.24, 2.45) is 11.7 Å². The van der Waals surface area contributed by atoms with Gasteiger partial charge in [0, 0.05) is 24.8 Å². The van der Waals surface area contributed by atoms with Crippen molar-refractivity contribution >= 4 is 5.69 Å². The lowest BCUT2D eigenvalue weighted by Gasteiger charge is -2.36. The van der Waals surface area contributed by atoms with Gasteiger partial charge in [0.15, 0.2) is 0 Å². The minimum atomic E-state index is 0.226. The van der Waals surface area contributed by atoms with E-state index >= 15 is 0 Å². The van der Waals surface area contributed by atoms with E-state index in [1.165, 1.54) is 30.6 Å². The van der Waals surface area contributed by atoms with E-state index in [4.69, 9.17) is 5.73 Å². The summed E-state index contributed by atoms with van der Waals surface area (Å²) >= 11 is 0. The first-order chi connectivity index (χ1) is 8.26. The lowest BCUT2D eigenvalue weighted by molar-refractivity contribution is 0.465. The van der Waals surface area contributed by atoms with Crippen molar-refractivity contribution in [3.63, 3.8) is 0 Å². The summed E-state index contributed by atoms with van der Waals surface area (Å²) in [6, 6.07) is 8.84. The van der Waals surface area contributed by atoms with Gasteiger partial charge in [-0.15, -0.1) is 0 Å². The molecule has 2 N–H and O–H groups in total. The fourth-order valence-corrected chi connectivity index (χ4v) is 2.71. The highest BCUT2D eigenvalue weighted by Gasteiger charge is 2.23. The van der Waals surface area contributed by atoms with Gasteiger partial charge in [-0.1, -0.05) is 44.9 Å². The molecular weight excluding hydrogens is 208 g/mol. The van der Waals surface area contributed by atoms with Gasteiger partial charge in [0.2, 0.25) is 0 Å². The van der Waals surface area contributed by atoms with Gasteiger partial charge in [-0.2, -0.15) is 0 Å². The molecule has 0 amide bonds. The van der Waals surface area contributed by atoms with Gasteiger partial charge in [0.05, 0.1) is 0 Å². The summed E-state index contributed by atoms with van der Waals surface area (Å²) in [5.41, 5.74) is 8.86. The molecule has 17 heavy (non-hydrogen) atoms. The number of benzene rings is 1. The average molecular weight is 232 g/mol. The molecule has 0 saturated carbocycles. The molecule has 2 rings (SSSR count). The van der Waals surface area contributed by atoms with Crippen LogP contribution in [0.4, 0.5) is 5.69 Å². The first-order valence-corrected chi connectivity index (χ1v) is 6.85. The Morgan fingerprint density at radius 1 is 1.29 bits per heavy atom. The van der Waals surface area contributed by atoms with Crippen molar-refractivity contribution in [1.82, 2.24) is 0 Å². The number of para-hydroxylation sites is 1. The van der Waals surface area contributed by atoms with Gasteiger partial charge in [-0.25, -0.2) is 0 Å². The van der Waals surface area contributed by atoms with Crippen LogP contribution >= 0.6 is 0 Å². The maximum absolute atomic E-state index is 6.18. The molecule has 1 aliphatic heterocycles. The van der Waals surface area contributed by atoms with Crippen LogP contribution in [0.3, 0.4) is 0 Å². The van der Waals surface area contributed by atoms with Crippen LogP contribution in [-0.4, -0.2) is 13.1 Å². The van der Waals surface area contributed by atoms with Crippen LogP contribution < -0.4 is 10.6 Å². The quantitative estimate of drug-likeness (QED) is 0.862. The standard InChI is InChI=1S/C15H24N2/c1-3-12(4-2)11-17-10-9-14(16)13-7-5-6-8-15(13)17/h5-8,12,14H,3-4,9-11,16H2,1-2H3. The van der Waals surface area contributed by atoms with Gasteiger partial charge < -0.3 is 10.6 Å². The second-order valence-corrected chi connectivity index (χ2v) is 5.08. The second kappa shape index (κ2) is 5.54. The fourth-order valence-electron chi connectivity index (χ4n) is 2.71. The van der Waals surface area contributed by atoms with Gasteiger partial charge in [-0.3, -0.25) is 0 Å². The first-order valence-electron chi connectivity index (χ1n) is 6.85. The number of nitrogens with two attached hydrogens (primary N) is 1. The lowest BCUT2D eigenvalue weighted by Crippen LogP contribution is -2.36. The average Bonchev–Trinajstić information content (AvgIpc) is 2.38. The van der Waals surface area contributed by atoms with Gasteiger partial charge in [-0.05, 0) is 24.0 Å². The Kier molecular flexibility index (Phi) is 4.06. The first kappa shape index (κ1) is 12.4. The van der Waals surface area contributed by atoms with E-state index in [0.29, 0.717) is 0 Å². The number of rotatable bonds is 4. The van der Waals surface area contributed by atoms with Gasteiger partial charge in [0.1, 0.15) is 0 Å². The fraction of sp³-hybridized carbons (Fsp3) is 0.600. The molecule has 0 saturated heterocycles. The monoisotopic (exact) mass is 232 g/mol. The number of hydrogen-bond donors (Lipinski definition) is 1. The Hall–Kier alpha value is -1.02. The highest BCUT2D eigenvalue weighted by Crippen LogP contribution is 2.32. The predicted molar refractivity (Wildman–Crippen MR) is 74.3 cm³/mol. The summed E-state index contributed by atoms with van der Waals surface area (Å²) in [6.45, 7) is 6.86. The molecule has 1 unspecified atom stereocenters. The minimum absolute atomic E-state index is 0.226. The molecule has 0 radical (unpaired) electrons. The van der Waals surface area contributed by atoms with Crippen molar-refractivity contribution < 1.29 is 0 Å². The smallest absolute Gasteiger partial charge is 0.0414 e. The summed E-state index contributed by atoms with van der Waals surface area (Å²) < 4.78 is 0. The molecule has 1 atom stereocenters. The second-order valence-electron chi connectivity index (χ2n) is 5.08. The summed E-state index contributed by atoms with van der Waals surface area (Å²) in [6.07, 6.45) is 3.61. The van der Waals surface area contributed by atoms with Crippen LogP contribution in [0.2, 0.25) is 0 Å². The van der Waals surface area contributed by atoms with Crippen LogP contribution in [-0.2, 0) is 0 Å². The molecule has 2 nitrogen and oxygen atoms in total. The Labute approximate surface area is 105 Å². The largest absolute Gasteiger partial charge is 0.371 e. The zero-order valence-corrected chi connectivity index (χ0v) is 11.0. The molecule has 1 aromatic rings. The number of nitrogens with zero attached hydrogens (tertiary/aromatic N) is 1. The molecule has 0 spiro atoms. The molecule has 1 aromatic carbocycles. The highest BCUT2D eigenvalue weighted by molar-refractivity contribution is 5.56. The van der Waals surface area contributed by atoms with Gasteiger partial charge >= 0.3 is 0 Å². The van der Waals surface area contributed by atoms with Crippen molar-refractivity contribution in [3.8, 4) is 0 Å². The van der Waals surface area contributed by atoms with Crippen LogP contribution in [0.15, 0.2) is 24.3 Å². The van der Waals surface area contributed by atoms with Crippen molar-refractivity contribution in [2.45, 2.75) is 39.2 Å². The van der Waals surface area contributed by atoms with E-state index in [1.807, 2.05) is 0 Å². The molecule has 0 aliphatic carbocycles. The van der Waals surface area contributed by atoms with Crippen molar-refractivity contribution in [1.29, 1.82) is 0 Å². The zero-order valence-electron chi connectivity index (χ0n) is 11.0. The molecule has 1 aliphatic rings. The lowest BCUT2D eigenvalue weighted by atomic mass is 9.95. The molecule has 0 fully saturated rings. The molecule has 0 bridgehead atoms. The topological polar surface area (TPSA) is 29.3 Å². The van der Waals surface area contributed by atoms with E-state index in [0.717, 1.165) is 18.9 Å². The molecular formula is C15H24N2.